The molecule has 4 aliphatic rings. The summed E-state index contributed by atoms with van der Waals surface area (Å²) in [4.78, 5) is 0. The van der Waals surface area contributed by atoms with Gasteiger partial charge in [0.25, 0.3) is 0 Å². The van der Waals surface area contributed by atoms with Gasteiger partial charge in [0, 0.05) is 11.0 Å². The third-order valence-electron chi connectivity index (χ3n) is 9.70. The molecule has 7 atom stereocenters. The molecule has 5 rings (SSSR count). The zero-order valence-corrected chi connectivity index (χ0v) is 17.5. The molecule has 4 fully saturated rings. The molecule has 1 aromatic carbocycles. The van der Waals surface area contributed by atoms with Crippen LogP contribution in [-0.4, -0.2) is 11.2 Å². The maximum atomic E-state index is 14.2. The third-order valence-corrected chi connectivity index (χ3v) is 9.70. The zero-order valence-electron chi connectivity index (χ0n) is 17.5. The Morgan fingerprint density at radius 2 is 1.79 bits per heavy atom. The molecule has 2 heteroatoms. The molecule has 1 nitrogen and oxygen atoms in total. The first-order valence-electron chi connectivity index (χ1n) is 11.6. The van der Waals surface area contributed by atoms with Gasteiger partial charge < -0.3 is 5.11 Å². The van der Waals surface area contributed by atoms with E-state index in [9.17, 15) is 9.50 Å². The Hall–Kier alpha value is -1.15. The quantitative estimate of drug-likeness (QED) is 0.579. The molecule has 4 aliphatic carbocycles. The summed E-state index contributed by atoms with van der Waals surface area (Å²) in [6.07, 6.45) is 13.3. The van der Waals surface area contributed by atoms with Crippen LogP contribution in [0.1, 0.15) is 77.2 Å². The molecule has 28 heavy (non-hydrogen) atoms. The van der Waals surface area contributed by atoms with E-state index in [0.29, 0.717) is 16.9 Å². The SMILES string of the molecule is C[C@]12CCCC[C@@H]1CC[C@@H]1[C@@H]2CC[C@]2(C)[C@H](O)/C(=C/c3ccccc3F)C[C@@H]12. The second kappa shape index (κ2) is 6.69. The Labute approximate surface area is 169 Å². The van der Waals surface area contributed by atoms with Crippen LogP contribution in [0.5, 0.6) is 0 Å². The fraction of sp³-hybridized carbons (Fsp3) is 0.692. The number of rotatable bonds is 1. The first-order valence-corrected chi connectivity index (χ1v) is 11.6. The normalized spacial score (nSPS) is 46.7. The fourth-order valence-corrected chi connectivity index (χ4v) is 8.09. The fourth-order valence-electron chi connectivity index (χ4n) is 8.09. The van der Waals surface area contributed by atoms with Crippen LogP contribution >= 0.6 is 0 Å². The van der Waals surface area contributed by atoms with E-state index in [4.69, 9.17) is 0 Å². The molecule has 0 unspecified atom stereocenters. The van der Waals surface area contributed by atoms with Crippen molar-refractivity contribution in [2.24, 2.45) is 34.5 Å². The molecular weight excluding hydrogens is 347 g/mol. The van der Waals surface area contributed by atoms with Gasteiger partial charge in [-0.3, -0.25) is 0 Å². The van der Waals surface area contributed by atoms with Crippen LogP contribution in [0.15, 0.2) is 29.8 Å². The maximum Gasteiger partial charge on any atom is 0.130 e. The van der Waals surface area contributed by atoms with E-state index in [1.54, 1.807) is 6.07 Å². The second-order valence-corrected chi connectivity index (χ2v) is 10.8. The van der Waals surface area contributed by atoms with E-state index in [1.165, 1.54) is 51.0 Å². The van der Waals surface area contributed by atoms with Crippen LogP contribution < -0.4 is 0 Å². The van der Waals surface area contributed by atoms with Crippen LogP contribution in [0, 0.1) is 40.3 Å². The lowest BCUT2D eigenvalue weighted by Gasteiger charge is -2.60. The lowest BCUT2D eigenvalue weighted by molar-refractivity contribution is -0.119. The van der Waals surface area contributed by atoms with Gasteiger partial charge in [-0.1, -0.05) is 51.0 Å². The minimum Gasteiger partial charge on any atom is -0.388 e. The van der Waals surface area contributed by atoms with Crippen molar-refractivity contribution in [2.75, 3.05) is 0 Å². The molecule has 0 amide bonds. The number of hydrogen-bond acceptors (Lipinski definition) is 1. The van der Waals surface area contributed by atoms with Gasteiger partial charge in [0.1, 0.15) is 5.82 Å². The first-order chi connectivity index (χ1) is 13.4. The van der Waals surface area contributed by atoms with E-state index in [1.807, 2.05) is 18.2 Å². The number of halogens is 1. The number of hydrogen-bond donors (Lipinski definition) is 1. The van der Waals surface area contributed by atoms with Gasteiger partial charge in [-0.25, -0.2) is 4.39 Å². The highest BCUT2D eigenvalue weighted by Crippen LogP contribution is 2.67. The summed E-state index contributed by atoms with van der Waals surface area (Å²) >= 11 is 0. The van der Waals surface area contributed by atoms with Crippen molar-refractivity contribution < 1.29 is 9.50 Å². The van der Waals surface area contributed by atoms with Crippen molar-refractivity contribution in [3.8, 4) is 0 Å². The number of fused-ring (bicyclic) bond motifs is 5. The number of benzene rings is 1. The molecule has 4 saturated carbocycles. The number of aliphatic hydroxyl groups excluding tert-OH is 1. The largest absolute Gasteiger partial charge is 0.388 e. The van der Waals surface area contributed by atoms with E-state index in [0.717, 1.165) is 36.2 Å². The lowest BCUT2D eigenvalue weighted by atomic mass is 9.45. The molecule has 0 bridgehead atoms. The summed E-state index contributed by atoms with van der Waals surface area (Å²) in [6, 6.07) is 6.96. The van der Waals surface area contributed by atoms with Crippen LogP contribution in [0.4, 0.5) is 4.39 Å². The highest BCUT2D eigenvalue weighted by atomic mass is 19.1. The Bertz CT molecular complexity index is 784. The summed E-state index contributed by atoms with van der Waals surface area (Å²) in [6.45, 7) is 4.91. The summed E-state index contributed by atoms with van der Waals surface area (Å²) in [7, 11) is 0. The summed E-state index contributed by atoms with van der Waals surface area (Å²) in [5, 5.41) is 11.3. The average molecular weight is 383 g/mol. The highest BCUT2D eigenvalue weighted by Gasteiger charge is 2.60. The number of aliphatic hydroxyl groups is 1. The van der Waals surface area contributed by atoms with Crippen molar-refractivity contribution >= 4 is 6.08 Å². The van der Waals surface area contributed by atoms with Crippen LogP contribution in [0.3, 0.4) is 0 Å². The van der Waals surface area contributed by atoms with Gasteiger partial charge in [-0.15, -0.1) is 0 Å². The van der Waals surface area contributed by atoms with Crippen LogP contribution in [-0.2, 0) is 0 Å². The smallest absolute Gasteiger partial charge is 0.130 e. The second-order valence-electron chi connectivity index (χ2n) is 10.8. The van der Waals surface area contributed by atoms with Crippen molar-refractivity contribution in [2.45, 2.75) is 77.7 Å². The Kier molecular flexibility index (Phi) is 4.50. The molecule has 0 spiro atoms. The Balaban J connectivity index is 1.47. The van der Waals surface area contributed by atoms with Crippen LogP contribution in [0.25, 0.3) is 6.08 Å². The molecule has 0 aliphatic heterocycles. The topological polar surface area (TPSA) is 20.2 Å². The summed E-state index contributed by atoms with van der Waals surface area (Å²) in [5.41, 5.74) is 2.18. The third kappa shape index (κ3) is 2.66. The molecule has 0 radical (unpaired) electrons. The standard InChI is InChI=1S/C26H35FO/c1-25-13-6-5-8-19(25)10-11-20-21(25)12-14-26(2)22(20)16-18(24(26)28)15-17-7-3-4-9-23(17)27/h3-4,7,9,15,19-22,24,28H,5-6,8,10-14,16H2,1-2H3/b18-15+/t19-,20-,21+,22+,24-,25+,26+/m1/s1. The molecule has 152 valence electrons. The van der Waals surface area contributed by atoms with Crippen molar-refractivity contribution in [3.63, 3.8) is 0 Å². The van der Waals surface area contributed by atoms with Crippen LogP contribution in [0.2, 0.25) is 0 Å². The monoisotopic (exact) mass is 382 g/mol. The average Bonchev–Trinajstić information content (AvgIpc) is 2.94. The highest BCUT2D eigenvalue weighted by molar-refractivity contribution is 5.56. The first kappa shape index (κ1) is 18.9. The molecule has 0 aromatic heterocycles. The van der Waals surface area contributed by atoms with Gasteiger partial charge in [-0.05, 0) is 85.7 Å². The van der Waals surface area contributed by atoms with E-state index in [2.05, 4.69) is 13.8 Å². The minimum absolute atomic E-state index is 0.0316. The summed E-state index contributed by atoms with van der Waals surface area (Å²) in [5.74, 6) is 2.85. The van der Waals surface area contributed by atoms with E-state index < -0.39 is 6.10 Å². The predicted octanol–water partition coefficient (Wildman–Crippen LogP) is 6.61. The van der Waals surface area contributed by atoms with E-state index >= 15 is 0 Å². The lowest BCUT2D eigenvalue weighted by Crippen LogP contribution is -2.53. The summed E-state index contributed by atoms with van der Waals surface area (Å²) < 4.78 is 14.2. The van der Waals surface area contributed by atoms with Gasteiger partial charge in [0.05, 0.1) is 6.10 Å². The molecule has 0 saturated heterocycles. The van der Waals surface area contributed by atoms with Crippen molar-refractivity contribution in [1.29, 1.82) is 0 Å². The van der Waals surface area contributed by atoms with E-state index in [-0.39, 0.29) is 11.2 Å². The van der Waals surface area contributed by atoms with Crippen molar-refractivity contribution in [3.05, 3.63) is 41.2 Å². The molecule has 1 aromatic rings. The van der Waals surface area contributed by atoms with Crippen molar-refractivity contribution in [1.82, 2.24) is 0 Å². The van der Waals surface area contributed by atoms with Gasteiger partial charge >= 0.3 is 0 Å². The molecule has 0 heterocycles. The Morgan fingerprint density at radius 3 is 2.61 bits per heavy atom. The zero-order chi connectivity index (χ0) is 19.5. The maximum absolute atomic E-state index is 14.2. The molecular formula is C26H35FO. The molecule has 1 N–H and O–H groups in total. The minimum atomic E-state index is -0.421. The Morgan fingerprint density at radius 1 is 0.964 bits per heavy atom. The van der Waals surface area contributed by atoms with Gasteiger partial charge in [0.15, 0.2) is 0 Å². The van der Waals surface area contributed by atoms with Gasteiger partial charge in [-0.2, -0.15) is 0 Å². The van der Waals surface area contributed by atoms with Gasteiger partial charge in [0.2, 0.25) is 0 Å². The predicted molar refractivity (Wildman–Crippen MR) is 112 cm³/mol.